The zero-order valence-electron chi connectivity index (χ0n) is 9.26. The van der Waals surface area contributed by atoms with Gasteiger partial charge in [-0.05, 0) is 0 Å². The normalized spacial score (nSPS) is 10.4. The van der Waals surface area contributed by atoms with Crippen LogP contribution in [0, 0.1) is 0 Å². The molecule has 0 radical (unpaired) electrons. The molecule has 0 spiro atoms. The zero-order chi connectivity index (χ0) is 11.3. The van der Waals surface area contributed by atoms with E-state index in [-0.39, 0.29) is 0 Å². The summed E-state index contributed by atoms with van der Waals surface area (Å²) in [4.78, 5) is 13.9. The molecule has 0 saturated carbocycles. The van der Waals surface area contributed by atoms with Crippen molar-refractivity contribution in [3.8, 4) is 11.8 Å². The van der Waals surface area contributed by atoms with Crippen molar-refractivity contribution in [2.24, 2.45) is 4.99 Å². The lowest BCUT2D eigenvalue weighted by atomic mass is 10.6. The van der Waals surface area contributed by atoms with Gasteiger partial charge in [0.1, 0.15) is 0 Å². The zero-order valence-corrected chi connectivity index (χ0v) is 9.26. The van der Waals surface area contributed by atoms with Crippen LogP contribution in [0.4, 0.5) is 5.95 Å². The van der Waals surface area contributed by atoms with E-state index < -0.39 is 0 Å². The summed E-state index contributed by atoms with van der Waals surface area (Å²) >= 11 is 0. The van der Waals surface area contributed by atoms with E-state index in [4.69, 9.17) is 9.47 Å². The molecule has 0 N–H and O–H groups in total. The molecule has 82 valence electrons. The molecule has 0 aromatic carbocycles. The predicted molar refractivity (Wildman–Crippen MR) is 57.0 cm³/mol. The van der Waals surface area contributed by atoms with Gasteiger partial charge in [0.05, 0.1) is 26.6 Å². The van der Waals surface area contributed by atoms with E-state index in [1.165, 1.54) is 14.2 Å². The van der Waals surface area contributed by atoms with E-state index in [1.807, 2.05) is 14.1 Å². The third kappa shape index (κ3) is 3.41. The maximum atomic E-state index is 4.99. The molecule has 1 rings (SSSR count). The van der Waals surface area contributed by atoms with Crippen molar-refractivity contribution in [1.29, 1.82) is 0 Å². The molecule has 1 aromatic heterocycles. The van der Waals surface area contributed by atoms with Crippen LogP contribution in [0.3, 0.4) is 0 Å². The molecular formula is C9H14N4O2. The number of hydrogen-bond donors (Lipinski definition) is 0. The molecule has 1 heterocycles. The first-order chi connectivity index (χ1) is 7.15. The standard InChI is InChI=1S/C9H14N4O2/c1-13(2)6-10-9-11-7(14-3)5-8(12-9)15-4/h5-6H,1-4H3/b10-6+. The fourth-order valence-corrected chi connectivity index (χ4v) is 0.826. The largest absolute Gasteiger partial charge is 0.481 e. The highest BCUT2D eigenvalue weighted by Crippen LogP contribution is 2.18. The van der Waals surface area contributed by atoms with Gasteiger partial charge in [-0.2, -0.15) is 9.97 Å². The number of methoxy groups -OCH3 is 2. The molecule has 0 atom stereocenters. The Labute approximate surface area is 88.6 Å². The first-order valence-electron chi connectivity index (χ1n) is 4.33. The van der Waals surface area contributed by atoms with Gasteiger partial charge in [0.25, 0.3) is 5.95 Å². The molecule has 0 aliphatic rings. The van der Waals surface area contributed by atoms with Crippen molar-refractivity contribution in [3.63, 3.8) is 0 Å². The van der Waals surface area contributed by atoms with Crippen molar-refractivity contribution in [2.45, 2.75) is 0 Å². The summed E-state index contributed by atoms with van der Waals surface area (Å²) in [5.74, 6) is 1.15. The Morgan fingerprint density at radius 2 is 1.73 bits per heavy atom. The topological polar surface area (TPSA) is 59.8 Å². The lowest BCUT2D eigenvalue weighted by Crippen LogP contribution is -2.07. The smallest absolute Gasteiger partial charge is 0.257 e. The van der Waals surface area contributed by atoms with Crippen LogP contribution in [0.15, 0.2) is 11.1 Å². The van der Waals surface area contributed by atoms with Crippen molar-refractivity contribution in [3.05, 3.63) is 6.07 Å². The van der Waals surface area contributed by atoms with Gasteiger partial charge in [-0.15, -0.1) is 0 Å². The summed E-state index contributed by atoms with van der Waals surface area (Å²) in [5.41, 5.74) is 0. The summed E-state index contributed by atoms with van der Waals surface area (Å²) in [6, 6.07) is 1.59. The molecule has 6 nitrogen and oxygen atoms in total. The second-order valence-electron chi connectivity index (χ2n) is 2.96. The summed E-state index contributed by atoms with van der Waals surface area (Å²) < 4.78 is 9.97. The van der Waals surface area contributed by atoms with E-state index in [0.29, 0.717) is 17.7 Å². The molecule has 0 bridgehead atoms. The van der Waals surface area contributed by atoms with Crippen molar-refractivity contribution >= 4 is 12.3 Å². The van der Waals surface area contributed by atoms with Gasteiger partial charge in [0.15, 0.2) is 0 Å². The van der Waals surface area contributed by atoms with Gasteiger partial charge in [-0.3, -0.25) is 0 Å². The van der Waals surface area contributed by atoms with Crippen LogP contribution in [0.25, 0.3) is 0 Å². The van der Waals surface area contributed by atoms with Gasteiger partial charge >= 0.3 is 0 Å². The van der Waals surface area contributed by atoms with E-state index in [2.05, 4.69) is 15.0 Å². The SMILES string of the molecule is COc1cc(OC)nc(/N=C/N(C)C)n1. The number of nitrogens with zero attached hydrogens (tertiary/aromatic N) is 4. The Morgan fingerprint density at radius 3 is 2.13 bits per heavy atom. The van der Waals surface area contributed by atoms with Crippen LogP contribution < -0.4 is 9.47 Å². The number of rotatable bonds is 4. The molecule has 15 heavy (non-hydrogen) atoms. The Morgan fingerprint density at radius 1 is 1.20 bits per heavy atom. The highest BCUT2D eigenvalue weighted by molar-refractivity contribution is 5.57. The minimum absolute atomic E-state index is 0.305. The predicted octanol–water partition coefficient (Wildman–Crippen LogP) is 0.715. The van der Waals surface area contributed by atoms with Crippen LogP contribution >= 0.6 is 0 Å². The quantitative estimate of drug-likeness (QED) is 0.541. The Bertz CT molecular complexity index is 330. The number of aliphatic imine (C=N–C) groups is 1. The van der Waals surface area contributed by atoms with E-state index >= 15 is 0 Å². The Kier molecular flexibility index (Phi) is 3.84. The third-order valence-electron chi connectivity index (χ3n) is 1.49. The van der Waals surface area contributed by atoms with Crippen molar-refractivity contribution < 1.29 is 9.47 Å². The van der Waals surface area contributed by atoms with Gasteiger partial charge in [-0.25, -0.2) is 4.99 Å². The molecule has 0 saturated heterocycles. The lowest BCUT2D eigenvalue weighted by molar-refractivity contribution is 0.372. The second kappa shape index (κ2) is 5.14. The molecular weight excluding hydrogens is 196 g/mol. The summed E-state index contributed by atoms with van der Waals surface area (Å²) in [5, 5.41) is 0. The minimum Gasteiger partial charge on any atom is -0.481 e. The Hall–Kier alpha value is -1.85. The van der Waals surface area contributed by atoms with E-state index in [9.17, 15) is 0 Å². The minimum atomic E-state index is 0.305. The second-order valence-corrected chi connectivity index (χ2v) is 2.96. The molecule has 0 unspecified atom stereocenters. The fourth-order valence-electron chi connectivity index (χ4n) is 0.826. The Balaban J connectivity index is 2.96. The first kappa shape index (κ1) is 11.2. The number of hydrogen-bond acceptors (Lipinski definition) is 5. The molecule has 6 heteroatoms. The number of aromatic nitrogens is 2. The summed E-state index contributed by atoms with van der Waals surface area (Å²) in [7, 11) is 6.78. The van der Waals surface area contributed by atoms with Crippen LogP contribution in [0.5, 0.6) is 11.8 Å². The molecule has 0 fully saturated rings. The number of ether oxygens (including phenoxy) is 2. The molecule has 0 aliphatic heterocycles. The van der Waals surface area contributed by atoms with E-state index in [0.717, 1.165) is 0 Å². The monoisotopic (exact) mass is 210 g/mol. The average molecular weight is 210 g/mol. The maximum Gasteiger partial charge on any atom is 0.257 e. The first-order valence-corrected chi connectivity index (χ1v) is 4.33. The fraction of sp³-hybridized carbons (Fsp3) is 0.444. The molecule has 0 aliphatic carbocycles. The summed E-state index contributed by atoms with van der Waals surface area (Å²) in [6.45, 7) is 0. The maximum absolute atomic E-state index is 4.99. The van der Waals surface area contributed by atoms with E-state index in [1.54, 1.807) is 17.3 Å². The van der Waals surface area contributed by atoms with Gasteiger partial charge < -0.3 is 14.4 Å². The lowest BCUT2D eigenvalue weighted by Gasteiger charge is -2.04. The van der Waals surface area contributed by atoms with Crippen LogP contribution in [0.1, 0.15) is 0 Å². The molecule has 1 aromatic rings. The van der Waals surface area contributed by atoms with Gasteiger partial charge in [-0.1, -0.05) is 0 Å². The van der Waals surface area contributed by atoms with Crippen LogP contribution in [-0.4, -0.2) is 49.5 Å². The van der Waals surface area contributed by atoms with Crippen LogP contribution in [0.2, 0.25) is 0 Å². The highest BCUT2D eigenvalue weighted by atomic mass is 16.5. The van der Waals surface area contributed by atoms with Crippen molar-refractivity contribution in [1.82, 2.24) is 14.9 Å². The summed E-state index contributed by atoms with van der Waals surface area (Å²) in [6.07, 6.45) is 1.61. The van der Waals surface area contributed by atoms with Crippen molar-refractivity contribution in [2.75, 3.05) is 28.3 Å². The average Bonchev–Trinajstić information content (AvgIpc) is 2.25. The molecule has 0 amide bonds. The highest BCUT2D eigenvalue weighted by Gasteiger charge is 2.03. The van der Waals surface area contributed by atoms with Crippen LogP contribution in [-0.2, 0) is 0 Å². The third-order valence-corrected chi connectivity index (χ3v) is 1.49. The van der Waals surface area contributed by atoms with Gasteiger partial charge in [0, 0.05) is 14.1 Å². The van der Waals surface area contributed by atoms with Gasteiger partial charge in [0.2, 0.25) is 11.8 Å².